The van der Waals surface area contributed by atoms with E-state index in [1.165, 1.54) is 0 Å². The minimum atomic E-state index is -0.256. The predicted octanol–water partition coefficient (Wildman–Crippen LogP) is 3.83. The van der Waals surface area contributed by atoms with Gasteiger partial charge in [0.1, 0.15) is 0 Å². The second-order valence-electron chi connectivity index (χ2n) is 4.94. The van der Waals surface area contributed by atoms with Crippen molar-refractivity contribution in [2.45, 2.75) is 19.0 Å². The summed E-state index contributed by atoms with van der Waals surface area (Å²) in [7, 11) is 0. The van der Waals surface area contributed by atoms with Crippen LogP contribution in [0.25, 0.3) is 0 Å². The molecule has 1 heterocycles. The number of hydrogen-bond donors (Lipinski definition) is 0. The largest absolute Gasteiger partial charge is 0.464 e. The van der Waals surface area contributed by atoms with Gasteiger partial charge in [0.2, 0.25) is 0 Å². The van der Waals surface area contributed by atoms with E-state index >= 15 is 0 Å². The molecule has 1 aliphatic heterocycles. The summed E-state index contributed by atoms with van der Waals surface area (Å²) in [6.45, 7) is 2.22. The van der Waals surface area contributed by atoms with E-state index in [0.29, 0.717) is 11.6 Å². The number of anilines is 1. The van der Waals surface area contributed by atoms with Crippen LogP contribution in [0, 0.1) is 0 Å². The summed E-state index contributed by atoms with van der Waals surface area (Å²) in [5, 5.41) is 0.685. The molecule has 1 aliphatic rings. The number of nitrogens with zero attached hydrogens (tertiary/aromatic N) is 1. The number of esters is 1. The minimum Gasteiger partial charge on any atom is -0.464 e. The summed E-state index contributed by atoms with van der Waals surface area (Å²) in [6, 6.07) is 17.3. The maximum Gasteiger partial charge on any atom is 0.331 e. The Morgan fingerprint density at radius 1 is 1.14 bits per heavy atom. The lowest BCUT2D eigenvalue weighted by molar-refractivity contribution is -0.142. The average Bonchev–Trinajstić information content (AvgIpc) is 3.25. The van der Waals surface area contributed by atoms with Gasteiger partial charge in [-0.3, -0.25) is 0 Å². The Morgan fingerprint density at radius 2 is 1.81 bits per heavy atom. The molecule has 4 heteroatoms. The first-order valence-electron chi connectivity index (χ1n) is 6.98. The molecule has 0 spiro atoms. The number of halogens is 1. The molecule has 21 heavy (non-hydrogen) atoms. The maximum absolute atomic E-state index is 12.1. The molecular weight excluding hydrogens is 286 g/mol. The van der Waals surface area contributed by atoms with Crippen LogP contribution < -0.4 is 4.90 Å². The van der Waals surface area contributed by atoms with E-state index in [-0.39, 0.29) is 18.1 Å². The van der Waals surface area contributed by atoms with E-state index in [1.54, 1.807) is 0 Å². The van der Waals surface area contributed by atoms with Gasteiger partial charge in [0.15, 0.2) is 6.04 Å². The van der Waals surface area contributed by atoms with Gasteiger partial charge < -0.3 is 9.64 Å². The molecule has 2 atom stereocenters. The fourth-order valence-corrected chi connectivity index (χ4v) is 2.75. The third-order valence-electron chi connectivity index (χ3n) is 3.60. The summed E-state index contributed by atoms with van der Waals surface area (Å²) >= 11 is 5.93. The monoisotopic (exact) mass is 301 g/mol. The lowest BCUT2D eigenvalue weighted by atomic mass is 10.1. The van der Waals surface area contributed by atoms with Gasteiger partial charge in [-0.15, -0.1) is 0 Å². The van der Waals surface area contributed by atoms with Crippen LogP contribution in [-0.2, 0) is 9.53 Å². The summed E-state index contributed by atoms with van der Waals surface area (Å²) in [5.41, 5.74) is 2.09. The van der Waals surface area contributed by atoms with Crippen LogP contribution in [-0.4, -0.2) is 18.6 Å². The zero-order chi connectivity index (χ0) is 14.8. The molecule has 0 N–H and O–H groups in total. The predicted molar refractivity (Wildman–Crippen MR) is 83.5 cm³/mol. The van der Waals surface area contributed by atoms with E-state index < -0.39 is 0 Å². The van der Waals surface area contributed by atoms with Crippen molar-refractivity contribution in [1.29, 1.82) is 0 Å². The van der Waals surface area contributed by atoms with Crippen LogP contribution >= 0.6 is 11.6 Å². The molecule has 0 amide bonds. The number of ether oxygens (including phenoxy) is 1. The highest BCUT2D eigenvalue weighted by Crippen LogP contribution is 2.47. The van der Waals surface area contributed by atoms with Crippen molar-refractivity contribution in [3.05, 3.63) is 65.2 Å². The fourth-order valence-electron chi connectivity index (χ4n) is 2.63. The molecule has 1 fully saturated rings. The van der Waals surface area contributed by atoms with E-state index in [2.05, 4.69) is 4.90 Å². The van der Waals surface area contributed by atoms with Crippen LogP contribution in [0.1, 0.15) is 18.5 Å². The molecule has 0 bridgehead atoms. The molecule has 3 rings (SSSR count). The zero-order valence-corrected chi connectivity index (χ0v) is 12.5. The van der Waals surface area contributed by atoms with Gasteiger partial charge in [-0.2, -0.15) is 0 Å². The highest BCUT2D eigenvalue weighted by molar-refractivity contribution is 6.30. The van der Waals surface area contributed by atoms with Gasteiger partial charge in [0.05, 0.1) is 12.6 Å². The second-order valence-corrected chi connectivity index (χ2v) is 5.37. The van der Waals surface area contributed by atoms with Gasteiger partial charge in [0.25, 0.3) is 0 Å². The quantitative estimate of drug-likeness (QED) is 0.635. The number of rotatable bonds is 4. The van der Waals surface area contributed by atoms with Gasteiger partial charge in [-0.1, -0.05) is 41.9 Å². The van der Waals surface area contributed by atoms with Crippen molar-refractivity contribution in [2.75, 3.05) is 11.5 Å². The SMILES string of the molecule is CCOC(=O)[C@@H]1[C@H](c2ccccc2)N1c1ccc(Cl)cc1. The first-order valence-corrected chi connectivity index (χ1v) is 7.35. The average molecular weight is 302 g/mol. The van der Waals surface area contributed by atoms with Crippen molar-refractivity contribution in [3.63, 3.8) is 0 Å². The Kier molecular flexibility index (Phi) is 3.84. The summed E-state index contributed by atoms with van der Waals surface area (Å²) in [5.74, 6) is -0.179. The van der Waals surface area contributed by atoms with Gasteiger partial charge in [-0.25, -0.2) is 4.79 Å². The van der Waals surface area contributed by atoms with Gasteiger partial charge >= 0.3 is 5.97 Å². The molecule has 108 valence electrons. The minimum absolute atomic E-state index is 0.0337. The van der Waals surface area contributed by atoms with Crippen molar-refractivity contribution in [2.24, 2.45) is 0 Å². The van der Waals surface area contributed by atoms with Gasteiger partial charge in [0, 0.05) is 10.7 Å². The molecule has 3 nitrogen and oxygen atoms in total. The third-order valence-corrected chi connectivity index (χ3v) is 3.85. The standard InChI is InChI=1S/C17H16ClNO2/c1-2-21-17(20)16-15(12-6-4-3-5-7-12)19(16)14-10-8-13(18)9-11-14/h3-11,15-16H,2H2,1H3/t15-,16-,19?/m0/s1. The molecule has 0 saturated carbocycles. The molecule has 0 unspecified atom stereocenters. The summed E-state index contributed by atoms with van der Waals surface area (Å²) in [4.78, 5) is 14.2. The number of carbonyl (C=O) groups excluding carboxylic acids is 1. The lowest BCUT2D eigenvalue weighted by Gasteiger charge is -2.06. The van der Waals surface area contributed by atoms with Crippen LogP contribution in [0.4, 0.5) is 5.69 Å². The first-order chi connectivity index (χ1) is 10.2. The fraction of sp³-hybridized carbons (Fsp3) is 0.235. The summed E-state index contributed by atoms with van der Waals surface area (Å²) in [6.07, 6.45) is 0. The van der Waals surface area contributed by atoms with Crippen molar-refractivity contribution < 1.29 is 9.53 Å². The second kappa shape index (κ2) is 5.78. The molecule has 0 aromatic heterocycles. The van der Waals surface area contributed by atoms with Crippen LogP contribution in [0.5, 0.6) is 0 Å². The van der Waals surface area contributed by atoms with E-state index in [1.807, 2.05) is 61.5 Å². The smallest absolute Gasteiger partial charge is 0.331 e. The number of benzene rings is 2. The van der Waals surface area contributed by atoms with Crippen LogP contribution in [0.15, 0.2) is 54.6 Å². The zero-order valence-electron chi connectivity index (χ0n) is 11.7. The van der Waals surface area contributed by atoms with Crippen LogP contribution in [0.3, 0.4) is 0 Å². The first kappa shape index (κ1) is 14.0. The number of carbonyl (C=O) groups is 1. The van der Waals surface area contributed by atoms with E-state index in [9.17, 15) is 4.79 Å². The molecule has 1 saturated heterocycles. The maximum atomic E-state index is 12.1. The molecular formula is C17H16ClNO2. The highest BCUT2D eigenvalue weighted by atomic mass is 35.5. The van der Waals surface area contributed by atoms with Crippen molar-refractivity contribution in [3.8, 4) is 0 Å². The normalized spacial score (nSPS) is 20.2. The topological polar surface area (TPSA) is 29.3 Å². The Balaban J connectivity index is 1.89. The molecule has 0 aliphatic carbocycles. The number of hydrogen-bond acceptors (Lipinski definition) is 3. The van der Waals surface area contributed by atoms with E-state index in [4.69, 9.17) is 16.3 Å². The molecule has 2 aromatic rings. The Labute approximate surface area is 129 Å². The third kappa shape index (κ3) is 2.74. The lowest BCUT2D eigenvalue weighted by Crippen LogP contribution is -2.15. The van der Waals surface area contributed by atoms with Crippen molar-refractivity contribution >= 4 is 23.3 Å². The Bertz CT molecular complexity index is 627. The molecule has 0 radical (unpaired) electrons. The molecule has 2 aromatic carbocycles. The van der Waals surface area contributed by atoms with E-state index in [0.717, 1.165) is 11.3 Å². The van der Waals surface area contributed by atoms with Gasteiger partial charge in [-0.05, 0) is 36.8 Å². The Morgan fingerprint density at radius 3 is 2.43 bits per heavy atom. The van der Waals surface area contributed by atoms with Crippen molar-refractivity contribution in [1.82, 2.24) is 0 Å². The highest BCUT2D eigenvalue weighted by Gasteiger charge is 2.54. The Hall–Kier alpha value is -2.00. The van der Waals surface area contributed by atoms with Crippen LogP contribution in [0.2, 0.25) is 5.02 Å². The summed E-state index contributed by atoms with van der Waals surface area (Å²) < 4.78 is 5.19.